The molecule has 1 N–H and O–H groups in total. The molecule has 0 saturated carbocycles. The first-order valence-electron chi connectivity index (χ1n) is 6.04. The number of aryl methyl sites for hydroxylation is 1. The van der Waals surface area contributed by atoms with Gasteiger partial charge in [0.15, 0.2) is 0 Å². The number of nitriles is 1. The molecule has 0 amide bonds. The highest BCUT2D eigenvalue weighted by Crippen LogP contribution is 2.25. The maximum atomic E-state index is 8.79. The molecule has 98 valence electrons. The van der Waals surface area contributed by atoms with Gasteiger partial charge in [-0.25, -0.2) is 9.97 Å². The van der Waals surface area contributed by atoms with Crippen LogP contribution in [0.1, 0.15) is 31.1 Å². The van der Waals surface area contributed by atoms with E-state index in [-0.39, 0.29) is 5.41 Å². The Labute approximate surface area is 112 Å². The second-order valence-electron chi connectivity index (χ2n) is 5.05. The highest BCUT2D eigenvalue weighted by atomic mass is 16.3. The minimum atomic E-state index is -0.161. The number of rotatable bonds is 4. The molecule has 0 fully saturated rings. The van der Waals surface area contributed by atoms with Crippen LogP contribution in [0, 0.1) is 18.3 Å². The van der Waals surface area contributed by atoms with Crippen molar-refractivity contribution in [3.63, 3.8) is 0 Å². The van der Waals surface area contributed by atoms with Gasteiger partial charge in [0, 0.05) is 18.0 Å². The molecular formula is C14H16N4O. The Morgan fingerprint density at radius 3 is 2.79 bits per heavy atom. The summed E-state index contributed by atoms with van der Waals surface area (Å²) in [6.45, 7) is 6.76. The molecule has 2 heterocycles. The minimum Gasteiger partial charge on any atom is -0.466 e. The van der Waals surface area contributed by atoms with Crippen molar-refractivity contribution in [2.75, 3.05) is 11.9 Å². The van der Waals surface area contributed by atoms with Gasteiger partial charge in [-0.3, -0.25) is 0 Å². The van der Waals surface area contributed by atoms with Crippen molar-refractivity contribution in [2.45, 2.75) is 26.2 Å². The molecule has 0 atom stereocenters. The molecule has 0 unspecified atom stereocenters. The number of furan rings is 1. The monoisotopic (exact) mass is 256 g/mol. The van der Waals surface area contributed by atoms with Gasteiger partial charge in [-0.05, 0) is 19.1 Å². The Hall–Kier alpha value is -2.35. The summed E-state index contributed by atoms with van der Waals surface area (Å²) >= 11 is 0. The molecule has 0 aliphatic rings. The predicted molar refractivity (Wildman–Crippen MR) is 71.7 cm³/mol. The van der Waals surface area contributed by atoms with Crippen molar-refractivity contribution in [1.82, 2.24) is 9.97 Å². The van der Waals surface area contributed by atoms with E-state index in [9.17, 15) is 0 Å². The van der Waals surface area contributed by atoms with Crippen molar-refractivity contribution >= 4 is 5.82 Å². The first-order chi connectivity index (χ1) is 9.01. The van der Waals surface area contributed by atoms with Crippen LogP contribution in [-0.4, -0.2) is 16.5 Å². The van der Waals surface area contributed by atoms with Gasteiger partial charge in [-0.1, -0.05) is 13.8 Å². The number of hydrogen-bond acceptors (Lipinski definition) is 5. The largest absolute Gasteiger partial charge is 0.466 e. The van der Waals surface area contributed by atoms with Crippen LogP contribution in [-0.2, 0) is 5.41 Å². The Balaban J connectivity index is 2.07. The van der Waals surface area contributed by atoms with E-state index < -0.39 is 0 Å². The van der Waals surface area contributed by atoms with E-state index in [0.717, 1.165) is 11.5 Å². The number of anilines is 1. The summed E-state index contributed by atoms with van der Waals surface area (Å²) in [5.41, 5.74) is 0.190. The van der Waals surface area contributed by atoms with Crippen LogP contribution in [0.2, 0.25) is 0 Å². The van der Waals surface area contributed by atoms with E-state index in [4.69, 9.17) is 9.68 Å². The zero-order valence-corrected chi connectivity index (χ0v) is 11.3. The van der Waals surface area contributed by atoms with Gasteiger partial charge in [0.2, 0.25) is 0 Å². The van der Waals surface area contributed by atoms with Gasteiger partial charge in [0.25, 0.3) is 0 Å². The zero-order chi connectivity index (χ0) is 13.9. The highest BCUT2D eigenvalue weighted by molar-refractivity contribution is 5.39. The first-order valence-corrected chi connectivity index (χ1v) is 6.04. The van der Waals surface area contributed by atoms with Crippen LogP contribution >= 0.6 is 0 Å². The molecule has 0 radical (unpaired) electrons. The maximum absolute atomic E-state index is 8.79. The molecular weight excluding hydrogens is 240 g/mol. The summed E-state index contributed by atoms with van der Waals surface area (Å²) in [7, 11) is 0. The smallest absolute Gasteiger partial charge is 0.145 e. The third-order valence-electron chi connectivity index (χ3n) is 2.90. The lowest BCUT2D eigenvalue weighted by Gasteiger charge is -2.22. The zero-order valence-electron chi connectivity index (χ0n) is 11.3. The summed E-state index contributed by atoms with van der Waals surface area (Å²) in [4.78, 5) is 7.92. The topological polar surface area (TPSA) is 74.7 Å². The van der Waals surface area contributed by atoms with Gasteiger partial charge in [0.05, 0.1) is 0 Å². The lowest BCUT2D eigenvalue weighted by Crippen LogP contribution is -2.27. The Morgan fingerprint density at radius 2 is 2.16 bits per heavy atom. The van der Waals surface area contributed by atoms with Crippen molar-refractivity contribution in [3.8, 4) is 6.07 Å². The van der Waals surface area contributed by atoms with E-state index in [1.54, 1.807) is 6.07 Å². The van der Waals surface area contributed by atoms with Crippen molar-refractivity contribution in [3.05, 3.63) is 41.7 Å². The Kier molecular flexibility index (Phi) is 3.52. The van der Waals surface area contributed by atoms with E-state index in [2.05, 4.69) is 29.1 Å². The minimum absolute atomic E-state index is 0.161. The Bertz CT molecular complexity index is 610. The van der Waals surface area contributed by atoms with Crippen LogP contribution in [0.4, 0.5) is 5.82 Å². The average molecular weight is 256 g/mol. The van der Waals surface area contributed by atoms with Crippen LogP contribution in [0.15, 0.2) is 28.9 Å². The SMILES string of the molecule is Cc1ccc(C(C)(C)CNc2cc(C#N)ncn2)o1. The molecule has 0 spiro atoms. The van der Waals surface area contributed by atoms with E-state index in [1.165, 1.54) is 6.33 Å². The second kappa shape index (κ2) is 5.11. The number of hydrogen-bond donors (Lipinski definition) is 1. The lowest BCUT2D eigenvalue weighted by atomic mass is 9.90. The fraction of sp³-hybridized carbons (Fsp3) is 0.357. The number of aromatic nitrogens is 2. The summed E-state index contributed by atoms with van der Waals surface area (Å²) in [5.74, 6) is 2.46. The molecule has 0 saturated heterocycles. The van der Waals surface area contributed by atoms with Crippen LogP contribution in [0.3, 0.4) is 0 Å². The summed E-state index contributed by atoms with van der Waals surface area (Å²) in [6, 6.07) is 7.56. The van der Waals surface area contributed by atoms with Gasteiger partial charge in [-0.2, -0.15) is 5.26 Å². The summed E-state index contributed by atoms with van der Waals surface area (Å²) in [5, 5.41) is 12.0. The predicted octanol–water partition coefficient (Wildman–Crippen LogP) is 2.64. The molecule has 2 aromatic rings. The van der Waals surface area contributed by atoms with Gasteiger partial charge >= 0.3 is 0 Å². The molecule has 19 heavy (non-hydrogen) atoms. The summed E-state index contributed by atoms with van der Waals surface area (Å²) < 4.78 is 5.66. The maximum Gasteiger partial charge on any atom is 0.145 e. The van der Waals surface area contributed by atoms with Gasteiger partial charge in [0.1, 0.15) is 35.4 Å². The van der Waals surface area contributed by atoms with Gasteiger partial charge in [-0.15, -0.1) is 0 Å². The molecule has 0 aliphatic carbocycles. The van der Waals surface area contributed by atoms with E-state index in [1.807, 2.05) is 25.1 Å². The molecule has 5 heteroatoms. The van der Waals surface area contributed by atoms with E-state index >= 15 is 0 Å². The second-order valence-corrected chi connectivity index (χ2v) is 5.05. The number of nitrogens with one attached hydrogen (secondary N) is 1. The highest BCUT2D eigenvalue weighted by Gasteiger charge is 2.24. The summed E-state index contributed by atoms with van der Waals surface area (Å²) in [6.07, 6.45) is 1.38. The van der Waals surface area contributed by atoms with Crippen molar-refractivity contribution in [1.29, 1.82) is 5.26 Å². The number of nitrogens with zero attached hydrogens (tertiary/aromatic N) is 3. The third-order valence-corrected chi connectivity index (χ3v) is 2.90. The fourth-order valence-corrected chi connectivity index (χ4v) is 1.71. The lowest BCUT2D eigenvalue weighted by molar-refractivity contribution is 0.385. The standard InChI is InChI=1S/C14H16N4O/c1-10-4-5-12(19-10)14(2,3)8-16-13-6-11(7-15)17-9-18-13/h4-6,9H,8H2,1-3H3,(H,16,17,18). The molecule has 5 nitrogen and oxygen atoms in total. The molecule has 0 aliphatic heterocycles. The molecule has 2 rings (SSSR count). The van der Waals surface area contributed by atoms with Crippen LogP contribution < -0.4 is 5.32 Å². The normalized spacial score (nSPS) is 11.1. The molecule has 0 aromatic carbocycles. The quantitative estimate of drug-likeness (QED) is 0.910. The van der Waals surface area contributed by atoms with Gasteiger partial charge < -0.3 is 9.73 Å². The molecule has 0 bridgehead atoms. The van der Waals surface area contributed by atoms with Crippen LogP contribution in [0.5, 0.6) is 0 Å². The van der Waals surface area contributed by atoms with Crippen molar-refractivity contribution < 1.29 is 4.42 Å². The average Bonchev–Trinajstić information content (AvgIpc) is 2.84. The Morgan fingerprint density at radius 1 is 1.37 bits per heavy atom. The first kappa shape index (κ1) is 13.1. The van der Waals surface area contributed by atoms with Crippen LogP contribution in [0.25, 0.3) is 0 Å². The third kappa shape index (κ3) is 3.10. The van der Waals surface area contributed by atoms with Crippen molar-refractivity contribution in [2.24, 2.45) is 0 Å². The van der Waals surface area contributed by atoms with E-state index in [0.29, 0.717) is 18.1 Å². The molecule has 2 aromatic heterocycles. The fourth-order valence-electron chi connectivity index (χ4n) is 1.71.